The van der Waals surface area contributed by atoms with Crippen molar-refractivity contribution < 1.29 is 45.0 Å². The van der Waals surface area contributed by atoms with Crippen LogP contribution in [-0.4, -0.2) is 46.9 Å². The van der Waals surface area contributed by atoms with Crippen LogP contribution in [0.4, 0.5) is 3.50 Å². The Morgan fingerprint density at radius 3 is 1.04 bits per heavy atom. The second-order valence-electron chi connectivity index (χ2n) is 8.39. The summed E-state index contributed by atoms with van der Waals surface area (Å²) in [7, 11) is 0. The van der Waals surface area contributed by atoms with Crippen molar-refractivity contribution in [2.75, 3.05) is 0 Å². The molecule has 0 saturated heterocycles. The van der Waals surface area contributed by atoms with E-state index in [-0.39, 0.29) is 26.2 Å². The fourth-order valence-electron chi connectivity index (χ4n) is 0.340. The van der Waals surface area contributed by atoms with E-state index in [1.165, 1.54) is 0 Å². The molecule has 151 valence electrons. The molecule has 3 nitrogen and oxygen atoms in total. The molecule has 6 heteroatoms. The summed E-state index contributed by atoms with van der Waals surface area (Å²) in [5.41, 5.74) is -1.50. The van der Waals surface area contributed by atoms with Crippen LogP contribution < -0.4 is 0 Å². The van der Waals surface area contributed by atoms with Gasteiger partial charge in [-0.15, -0.1) is 6.42 Å². The fraction of sp³-hybridized carbons (Fsp3) is 0.789. The minimum absolute atomic E-state index is 0. The van der Waals surface area contributed by atoms with Gasteiger partial charge in [0, 0.05) is 26.2 Å². The summed E-state index contributed by atoms with van der Waals surface area (Å²) in [5.74, 6) is 3.33. The first-order chi connectivity index (χ1) is 10.2. The van der Waals surface area contributed by atoms with Crippen molar-refractivity contribution >= 4 is 14.8 Å². The van der Waals surface area contributed by atoms with Crippen molar-refractivity contribution in [3.63, 3.8) is 0 Å². The molecule has 0 saturated carbocycles. The van der Waals surface area contributed by atoms with Crippen LogP contribution in [-0.2, 0) is 26.2 Å². The van der Waals surface area contributed by atoms with Crippen molar-refractivity contribution in [1.29, 1.82) is 0 Å². The molecular formula is C19H41FGeO3Zr-. The minimum atomic E-state index is -1.83. The van der Waals surface area contributed by atoms with Crippen molar-refractivity contribution in [3.05, 3.63) is 24.3 Å². The molecule has 1 rings (SSSR count). The molecule has 0 fully saturated rings. The molecule has 1 radical (unpaired) electrons. The summed E-state index contributed by atoms with van der Waals surface area (Å²) in [5, 5.41) is 25.6. The van der Waals surface area contributed by atoms with Crippen molar-refractivity contribution in [2.45, 2.75) is 97.1 Å². The van der Waals surface area contributed by atoms with Crippen LogP contribution in [0.2, 0.25) is 11.5 Å². The zero-order valence-electron chi connectivity index (χ0n) is 18.2. The molecule has 0 heterocycles. The second-order valence-corrected chi connectivity index (χ2v) is 12.1. The van der Waals surface area contributed by atoms with Crippen molar-refractivity contribution in [1.82, 2.24) is 0 Å². The molecule has 0 aromatic rings. The van der Waals surface area contributed by atoms with Crippen LogP contribution in [0.1, 0.15) is 68.7 Å². The van der Waals surface area contributed by atoms with Crippen molar-refractivity contribution in [3.8, 4) is 0 Å². The van der Waals surface area contributed by atoms with Gasteiger partial charge in [0.1, 0.15) is 0 Å². The van der Waals surface area contributed by atoms with Crippen LogP contribution in [0.5, 0.6) is 0 Å². The zero-order chi connectivity index (χ0) is 20.6. The Morgan fingerprint density at radius 2 is 1.00 bits per heavy atom. The Labute approximate surface area is 180 Å². The van der Waals surface area contributed by atoms with E-state index in [1.807, 2.05) is 12.2 Å². The third-order valence-electron chi connectivity index (χ3n) is 0.586. The van der Waals surface area contributed by atoms with E-state index in [4.69, 9.17) is 15.3 Å². The number of allylic oxidation sites excluding steroid dienone is 4. The van der Waals surface area contributed by atoms with Gasteiger partial charge in [0.25, 0.3) is 0 Å². The number of hydrogen-bond donors (Lipinski definition) is 3. The first kappa shape index (κ1) is 36.6. The molecule has 0 aromatic heterocycles. The van der Waals surface area contributed by atoms with E-state index in [0.717, 1.165) is 6.42 Å². The molecule has 0 spiro atoms. The maximum Gasteiger partial charge on any atom is 0 e. The van der Waals surface area contributed by atoms with Crippen LogP contribution in [0, 0.1) is 6.08 Å². The Bertz CT molecular complexity index is 253. The maximum atomic E-state index is 11.2. The number of aliphatic hydroxyl groups is 3. The van der Waals surface area contributed by atoms with E-state index >= 15 is 0 Å². The summed E-state index contributed by atoms with van der Waals surface area (Å²) in [6.07, 6.45) is 10.0. The Morgan fingerprint density at radius 1 is 0.800 bits per heavy atom. The maximum absolute atomic E-state index is 11.2. The molecule has 1 aliphatic carbocycles. The molecule has 0 atom stereocenters. The molecule has 0 unspecified atom stereocenters. The molecular weight excluding hydrogens is 459 g/mol. The third kappa shape index (κ3) is 390. The van der Waals surface area contributed by atoms with E-state index in [0.29, 0.717) is 0 Å². The molecule has 0 bridgehead atoms. The largest absolute Gasteiger partial charge is 0 e. The Kier molecular flexibility index (Phi) is 28.5. The first-order valence-corrected chi connectivity index (χ1v) is 13.1. The average molecular weight is 500 g/mol. The number of rotatable bonds is 0. The van der Waals surface area contributed by atoms with E-state index < -0.39 is 31.6 Å². The van der Waals surface area contributed by atoms with Crippen LogP contribution >= 0.6 is 0 Å². The quantitative estimate of drug-likeness (QED) is 0.330. The summed E-state index contributed by atoms with van der Waals surface area (Å²) in [6.45, 7) is 15.7. The molecule has 3 N–H and O–H groups in total. The molecule has 0 amide bonds. The smallest absolute Gasteiger partial charge is 0 e. The normalized spacial score (nSPS) is 12.2. The van der Waals surface area contributed by atoms with Gasteiger partial charge >= 0.3 is 29.8 Å². The summed E-state index contributed by atoms with van der Waals surface area (Å²) < 4.78 is 11.2. The second kappa shape index (κ2) is 19.5. The van der Waals surface area contributed by atoms with Gasteiger partial charge in [0.05, 0.1) is 16.8 Å². The summed E-state index contributed by atoms with van der Waals surface area (Å²) in [4.78, 5) is 0. The summed E-state index contributed by atoms with van der Waals surface area (Å²) in [6, 6.07) is 0. The van der Waals surface area contributed by atoms with Gasteiger partial charge in [-0.3, -0.25) is 6.08 Å². The first-order valence-electron chi connectivity index (χ1n) is 8.08. The molecule has 0 aliphatic heterocycles. The third-order valence-corrected chi connectivity index (χ3v) is 0.586. The summed E-state index contributed by atoms with van der Waals surface area (Å²) >= 11 is -1.83. The average Bonchev–Trinajstić information content (AvgIpc) is 2.61. The number of hydrogen-bond acceptors (Lipinski definition) is 3. The van der Waals surface area contributed by atoms with Crippen LogP contribution in [0.15, 0.2) is 18.2 Å². The van der Waals surface area contributed by atoms with Crippen LogP contribution in [0.25, 0.3) is 0 Å². The minimum Gasteiger partial charge on any atom is 0 e. The van der Waals surface area contributed by atoms with Crippen LogP contribution in [0.3, 0.4) is 0 Å². The zero-order valence-corrected chi connectivity index (χ0v) is 22.7. The van der Waals surface area contributed by atoms with Gasteiger partial charge in [0.15, 0.2) is 0 Å². The van der Waals surface area contributed by atoms with Gasteiger partial charge in [-0.05, 0) is 62.3 Å². The predicted octanol–water partition coefficient (Wildman–Crippen LogP) is 4.84. The Hall–Kier alpha value is 0.716. The number of halogens is 1. The van der Waals surface area contributed by atoms with Crippen molar-refractivity contribution in [2.24, 2.45) is 0 Å². The van der Waals surface area contributed by atoms with Gasteiger partial charge in [-0.25, -0.2) is 12.2 Å². The predicted molar refractivity (Wildman–Crippen MR) is 106 cm³/mol. The fourth-order valence-corrected chi connectivity index (χ4v) is 0.340. The molecule has 0 aromatic carbocycles. The van der Waals surface area contributed by atoms with E-state index in [1.54, 1.807) is 73.8 Å². The SMILES string of the molecule is CC(C)(C)O.CC(C)(C)O.CC(C)(C)O.[C-]1=CC=CC1.[CH3][Ge]([CH3])[F].[Zr]. The van der Waals surface area contributed by atoms with E-state index in [9.17, 15) is 3.50 Å². The topological polar surface area (TPSA) is 60.7 Å². The molecule has 1 aliphatic rings. The Balaban J connectivity index is -0.0000000662. The standard InChI is InChI=1S/C5H5.3C4H10O.C2H6FGe.Zr/c1-2-4-5-3-1;3*1-4(2,3)5;1-4(2)3;/h1-3H,4H2;3*5H,1-3H3;1-2H3;/q-1;;;;;. The van der Waals surface area contributed by atoms with Gasteiger partial charge in [0.2, 0.25) is 0 Å². The van der Waals surface area contributed by atoms with Gasteiger partial charge in [-0.1, -0.05) is 0 Å². The monoisotopic (exact) mass is 500 g/mol. The van der Waals surface area contributed by atoms with E-state index in [2.05, 4.69) is 12.2 Å². The molecule has 25 heavy (non-hydrogen) atoms. The van der Waals surface area contributed by atoms with Gasteiger partial charge in [-0.2, -0.15) is 6.08 Å². The van der Waals surface area contributed by atoms with Gasteiger partial charge < -0.3 is 15.3 Å².